The zero-order chi connectivity index (χ0) is 45.7. The molecule has 0 saturated heterocycles. The molecule has 0 aliphatic carbocycles. The van der Waals surface area contributed by atoms with Gasteiger partial charge in [0.2, 0.25) is 18.0 Å². The van der Waals surface area contributed by atoms with Crippen LogP contribution in [0.15, 0.2) is 72.8 Å². The molecule has 4 N–H and O–H groups in total. The standard InChI is InChI=1S/C41H39N3O18/c1-20(45)59-27-14-10-23(16-29(27)54-3)40(52)61-34(35(39(50)51)62-41(53)24-11-15-28(60-21(2)46)30(17-24)55-4)38(49)44-43-37(48)22-8-12-26(13-9-22)42-36(47)25-18-31(56-5)33(58-7)32(19-25)57-6/h8-19,34-35H,1-7H3,(H,42,47)(H,43,48)(H,44,49)(H,50,51)/t34-,35-/m1/s1. The Morgan fingerprint density at radius 1 is 0.484 bits per heavy atom. The van der Waals surface area contributed by atoms with E-state index < -0.39 is 59.8 Å². The lowest BCUT2D eigenvalue weighted by molar-refractivity contribution is -0.159. The Bertz CT molecular complexity index is 2350. The lowest BCUT2D eigenvalue weighted by Crippen LogP contribution is -2.54. The van der Waals surface area contributed by atoms with Crippen LogP contribution in [0, 0.1) is 0 Å². The molecule has 3 amide bonds. The summed E-state index contributed by atoms with van der Waals surface area (Å²) < 4.78 is 46.6. The number of carboxylic acids is 1. The summed E-state index contributed by atoms with van der Waals surface area (Å²) in [5.41, 5.74) is 3.67. The smallest absolute Gasteiger partial charge is 0.349 e. The second kappa shape index (κ2) is 21.1. The highest BCUT2D eigenvalue weighted by Gasteiger charge is 2.41. The van der Waals surface area contributed by atoms with Crippen LogP contribution in [0.2, 0.25) is 0 Å². The van der Waals surface area contributed by atoms with Gasteiger partial charge in [0, 0.05) is 30.7 Å². The number of aliphatic carboxylic acids is 1. The summed E-state index contributed by atoms with van der Waals surface area (Å²) in [5, 5.41) is 12.8. The van der Waals surface area contributed by atoms with Crippen LogP contribution in [-0.2, 0) is 28.7 Å². The Balaban J connectivity index is 1.56. The molecule has 2 atom stereocenters. The third-order valence-corrected chi connectivity index (χ3v) is 8.18. The summed E-state index contributed by atoms with van der Waals surface area (Å²) in [5.74, 6) is -8.76. The second-order valence-electron chi connectivity index (χ2n) is 12.3. The molecule has 4 aromatic carbocycles. The first kappa shape index (κ1) is 46.3. The lowest BCUT2D eigenvalue weighted by Gasteiger charge is -2.24. The minimum Gasteiger partial charge on any atom is -0.493 e. The molecule has 0 fully saturated rings. The van der Waals surface area contributed by atoms with Crippen molar-refractivity contribution in [3.63, 3.8) is 0 Å². The molecule has 4 aromatic rings. The number of hydrazine groups is 1. The predicted molar refractivity (Wildman–Crippen MR) is 211 cm³/mol. The van der Waals surface area contributed by atoms with Crippen LogP contribution in [0.25, 0.3) is 0 Å². The number of hydrogen-bond donors (Lipinski definition) is 4. The van der Waals surface area contributed by atoms with Crippen LogP contribution in [0.5, 0.6) is 40.2 Å². The summed E-state index contributed by atoms with van der Waals surface area (Å²) in [6.45, 7) is 2.24. The van der Waals surface area contributed by atoms with E-state index in [2.05, 4.69) is 10.7 Å². The number of carbonyl (C=O) groups excluding carboxylic acids is 7. The van der Waals surface area contributed by atoms with Crippen LogP contribution in [0.4, 0.5) is 5.69 Å². The molecule has 0 saturated carbocycles. The van der Waals surface area contributed by atoms with Crippen molar-refractivity contribution in [3.8, 4) is 40.2 Å². The van der Waals surface area contributed by atoms with Crippen molar-refractivity contribution >= 4 is 53.3 Å². The number of carboxylic acid groups (broad SMARTS) is 1. The molecule has 21 heteroatoms. The molecule has 0 aliphatic rings. The number of hydrogen-bond acceptors (Lipinski definition) is 17. The van der Waals surface area contributed by atoms with Crippen molar-refractivity contribution in [2.24, 2.45) is 0 Å². The number of benzene rings is 4. The van der Waals surface area contributed by atoms with E-state index in [0.717, 1.165) is 50.2 Å². The molecule has 0 bridgehead atoms. The Labute approximate surface area is 352 Å². The maximum atomic E-state index is 13.6. The number of esters is 4. The van der Waals surface area contributed by atoms with Crippen molar-refractivity contribution in [1.82, 2.24) is 10.9 Å². The lowest BCUT2D eigenvalue weighted by atomic mass is 10.1. The van der Waals surface area contributed by atoms with Crippen molar-refractivity contribution in [2.45, 2.75) is 26.1 Å². The molecule has 0 aliphatic heterocycles. The van der Waals surface area contributed by atoms with E-state index in [9.17, 15) is 43.5 Å². The van der Waals surface area contributed by atoms with Gasteiger partial charge in [-0.3, -0.25) is 34.8 Å². The van der Waals surface area contributed by atoms with E-state index in [1.807, 2.05) is 5.43 Å². The van der Waals surface area contributed by atoms with Crippen molar-refractivity contribution in [2.75, 3.05) is 40.9 Å². The molecule has 4 rings (SSSR count). The van der Waals surface area contributed by atoms with Gasteiger partial charge in [0.05, 0.1) is 46.7 Å². The van der Waals surface area contributed by atoms with E-state index in [1.54, 1.807) is 0 Å². The van der Waals surface area contributed by atoms with Crippen molar-refractivity contribution < 1.29 is 86.1 Å². The normalized spacial score (nSPS) is 11.3. The Morgan fingerprint density at radius 2 is 0.919 bits per heavy atom. The predicted octanol–water partition coefficient (Wildman–Crippen LogP) is 3.13. The van der Waals surface area contributed by atoms with E-state index in [0.29, 0.717) is 0 Å². The third kappa shape index (κ3) is 11.6. The number of anilines is 1. The number of nitrogens with one attached hydrogen (secondary N) is 3. The van der Waals surface area contributed by atoms with Gasteiger partial charge in [-0.25, -0.2) is 14.4 Å². The zero-order valence-electron chi connectivity index (χ0n) is 34.0. The van der Waals surface area contributed by atoms with E-state index in [4.69, 9.17) is 42.6 Å². The number of rotatable bonds is 17. The fourth-order valence-corrected chi connectivity index (χ4v) is 5.31. The largest absolute Gasteiger partial charge is 0.493 e. The fraction of sp³-hybridized carbons (Fsp3) is 0.220. The summed E-state index contributed by atoms with van der Waals surface area (Å²) in [7, 11) is 6.58. The van der Waals surface area contributed by atoms with E-state index >= 15 is 0 Å². The molecule has 0 spiro atoms. The molecule has 0 unspecified atom stereocenters. The SMILES string of the molecule is COc1cc(C(=O)O[C@@H](C(=O)O)[C@@H](OC(=O)c2ccc(OC(C)=O)c(OC)c2)C(=O)NNC(=O)c2ccc(NC(=O)c3cc(OC)c(OC)c(OC)c3)cc2)ccc1OC(C)=O. The van der Waals surface area contributed by atoms with Crippen LogP contribution < -0.4 is 49.3 Å². The van der Waals surface area contributed by atoms with Crippen LogP contribution in [0.1, 0.15) is 55.3 Å². The Hall–Kier alpha value is -8.36. The first-order chi connectivity index (χ1) is 29.5. The van der Waals surface area contributed by atoms with Crippen molar-refractivity contribution in [3.05, 3.63) is 95.1 Å². The highest BCUT2D eigenvalue weighted by atomic mass is 16.6. The number of methoxy groups -OCH3 is 5. The number of ether oxygens (including phenoxy) is 9. The number of amides is 3. The monoisotopic (exact) mass is 861 g/mol. The van der Waals surface area contributed by atoms with Gasteiger partial charge < -0.3 is 53.1 Å². The molecular formula is C41H39N3O18. The molecule has 0 radical (unpaired) electrons. The quantitative estimate of drug-likeness (QED) is 0.0674. The maximum absolute atomic E-state index is 13.6. The van der Waals surface area contributed by atoms with Crippen LogP contribution in [0.3, 0.4) is 0 Å². The molecular weight excluding hydrogens is 822 g/mol. The molecule has 0 heterocycles. The molecule has 21 nitrogen and oxygen atoms in total. The van der Waals surface area contributed by atoms with Crippen LogP contribution >= 0.6 is 0 Å². The van der Waals surface area contributed by atoms with Gasteiger partial charge in [-0.05, 0) is 72.8 Å². The molecule has 326 valence electrons. The Morgan fingerprint density at radius 3 is 1.34 bits per heavy atom. The molecule has 0 aromatic heterocycles. The maximum Gasteiger partial charge on any atom is 0.349 e. The minimum absolute atomic E-state index is 0.0723. The highest BCUT2D eigenvalue weighted by Crippen LogP contribution is 2.38. The summed E-state index contributed by atoms with van der Waals surface area (Å²) in [6.07, 6.45) is -5.04. The van der Waals surface area contributed by atoms with Gasteiger partial charge in [-0.1, -0.05) is 0 Å². The van der Waals surface area contributed by atoms with Crippen molar-refractivity contribution in [1.29, 1.82) is 0 Å². The van der Waals surface area contributed by atoms with Crippen LogP contribution in [-0.4, -0.2) is 100 Å². The summed E-state index contributed by atoms with van der Waals surface area (Å²) >= 11 is 0. The Kier molecular flexibility index (Phi) is 15.7. The first-order valence-electron chi connectivity index (χ1n) is 17.7. The van der Waals surface area contributed by atoms with Gasteiger partial charge in [0.25, 0.3) is 17.7 Å². The summed E-state index contributed by atoms with van der Waals surface area (Å²) in [4.78, 5) is 102. The van der Waals surface area contributed by atoms with E-state index in [1.165, 1.54) is 71.9 Å². The minimum atomic E-state index is -2.56. The summed E-state index contributed by atoms with van der Waals surface area (Å²) in [6, 6.07) is 14.8. The topological polar surface area (TPSA) is 276 Å². The zero-order valence-corrected chi connectivity index (χ0v) is 34.0. The average molecular weight is 862 g/mol. The van der Waals surface area contributed by atoms with Gasteiger partial charge in [-0.2, -0.15) is 0 Å². The van der Waals surface area contributed by atoms with Gasteiger partial charge in [-0.15, -0.1) is 0 Å². The fourth-order valence-electron chi connectivity index (χ4n) is 5.31. The van der Waals surface area contributed by atoms with Gasteiger partial charge in [0.1, 0.15) is 0 Å². The first-order valence-corrected chi connectivity index (χ1v) is 17.7. The van der Waals surface area contributed by atoms with Gasteiger partial charge in [0.15, 0.2) is 34.5 Å². The molecule has 62 heavy (non-hydrogen) atoms. The highest BCUT2D eigenvalue weighted by molar-refractivity contribution is 6.05. The van der Waals surface area contributed by atoms with E-state index in [-0.39, 0.29) is 68.2 Å². The number of carbonyl (C=O) groups is 8. The second-order valence-corrected chi connectivity index (χ2v) is 12.3. The van der Waals surface area contributed by atoms with Gasteiger partial charge >= 0.3 is 29.8 Å². The third-order valence-electron chi connectivity index (χ3n) is 8.18. The average Bonchev–Trinajstić information content (AvgIpc) is 3.25.